The second kappa shape index (κ2) is 8.78. The molecule has 0 aliphatic rings. The lowest BCUT2D eigenvalue weighted by molar-refractivity contribution is 0.393. The van der Waals surface area contributed by atoms with Crippen LogP contribution in [0.1, 0.15) is 18.9 Å². The molecule has 0 aromatic heterocycles. The molecule has 0 heterocycles. The van der Waals surface area contributed by atoms with Gasteiger partial charge in [-0.15, -0.1) is 0 Å². The molecule has 0 atom stereocenters. The topological polar surface area (TPSA) is 42.5 Å². The van der Waals surface area contributed by atoms with E-state index in [0.29, 0.717) is 0 Å². The molecule has 1 rings (SSSR count). The molecule has 0 saturated carbocycles. The van der Waals surface area contributed by atoms with Gasteiger partial charge in [0.15, 0.2) is 0 Å². The highest BCUT2D eigenvalue weighted by molar-refractivity contribution is 5.38. The minimum Gasteiger partial charge on any atom is -0.497 e. The number of nitrogens with one attached hydrogen (secondary N) is 2. The largest absolute Gasteiger partial charge is 0.497 e. The maximum Gasteiger partial charge on any atom is 0.122 e. The molecule has 0 radical (unpaired) electrons. The van der Waals surface area contributed by atoms with Crippen molar-refractivity contribution in [3.8, 4) is 11.5 Å². The van der Waals surface area contributed by atoms with E-state index in [0.717, 1.165) is 44.1 Å². The molecular weight excluding hydrogens is 228 g/mol. The molecule has 4 heteroatoms. The third-order valence-corrected chi connectivity index (χ3v) is 2.70. The summed E-state index contributed by atoms with van der Waals surface area (Å²) in [6.45, 7) is 6.06. The van der Waals surface area contributed by atoms with Crippen LogP contribution in [0.15, 0.2) is 18.2 Å². The third kappa shape index (κ3) is 5.38. The molecular formula is C14H24N2O2. The molecule has 102 valence electrons. The van der Waals surface area contributed by atoms with Gasteiger partial charge in [0.2, 0.25) is 0 Å². The average Bonchev–Trinajstić information content (AvgIpc) is 2.42. The van der Waals surface area contributed by atoms with Gasteiger partial charge in [-0.2, -0.15) is 0 Å². The highest BCUT2D eigenvalue weighted by Gasteiger charge is 2.01. The van der Waals surface area contributed by atoms with Crippen LogP contribution in [-0.2, 0) is 6.54 Å². The highest BCUT2D eigenvalue weighted by Crippen LogP contribution is 2.22. The number of benzene rings is 1. The van der Waals surface area contributed by atoms with Crippen LogP contribution in [0.5, 0.6) is 11.5 Å². The highest BCUT2D eigenvalue weighted by atomic mass is 16.5. The van der Waals surface area contributed by atoms with E-state index < -0.39 is 0 Å². The number of rotatable bonds is 9. The lowest BCUT2D eigenvalue weighted by Gasteiger charge is -2.09. The molecule has 0 unspecified atom stereocenters. The van der Waals surface area contributed by atoms with Crippen LogP contribution in [0.25, 0.3) is 0 Å². The van der Waals surface area contributed by atoms with Crippen molar-refractivity contribution in [3.05, 3.63) is 23.8 Å². The molecule has 0 amide bonds. The monoisotopic (exact) mass is 252 g/mol. The fourth-order valence-corrected chi connectivity index (χ4v) is 1.72. The van der Waals surface area contributed by atoms with Crippen molar-refractivity contribution >= 4 is 0 Å². The van der Waals surface area contributed by atoms with Gasteiger partial charge in [-0.3, -0.25) is 0 Å². The second-order valence-electron chi connectivity index (χ2n) is 4.10. The van der Waals surface area contributed by atoms with Gasteiger partial charge in [0.1, 0.15) is 11.5 Å². The fraction of sp³-hybridized carbons (Fsp3) is 0.571. The van der Waals surface area contributed by atoms with E-state index in [1.165, 1.54) is 5.56 Å². The Morgan fingerprint density at radius 3 is 2.11 bits per heavy atom. The van der Waals surface area contributed by atoms with Gasteiger partial charge >= 0.3 is 0 Å². The summed E-state index contributed by atoms with van der Waals surface area (Å²) in [5, 5.41) is 6.72. The molecule has 1 aromatic rings. The quantitative estimate of drug-likeness (QED) is 0.658. The molecule has 0 saturated heterocycles. The second-order valence-corrected chi connectivity index (χ2v) is 4.10. The van der Waals surface area contributed by atoms with E-state index in [9.17, 15) is 0 Å². The molecule has 0 aliphatic heterocycles. The molecule has 0 aliphatic carbocycles. The van der Waals surface area contributed by atoms with Crippen LogP contribution in [-0.4, -0.2) is 33.9 Å². The fourth-order valence-electron chi connectivity index (χ4n) is 1.72. The zero-order chi connectivity index (χ0) is 13.2. The van der Waals surface area contributed by atoms with E-state index in [2.05, 4.69) is 17.6 Å². The van der Waals surface area contributed by atoms with Gasteiger partial charge < -0.3 is 20.1 Å². The van der Waals surface area contributed by atoms with E-state index in [1.54, 1.807) is 14.2 Å². The number of ether oxygens (including phenoxy) is 2. The lowest BCUT2D eigenvalue weighted by Crippen LogP contribution is -2.21. The molecule has 4 nitrogen and oxygen atoms in total. The van der Waals surface area contributed by atoms with Crippen molar-refractivity contribution in [2.75, 3.05) is 33.9 Å². The van der Waals surface area contributed by atoms with Crippen LogP contribution in [0, 0.1) is 0 Å². The van der Waals surface area contributed by atoms with Crippen LogP contribution in [0.2, 0.25) is 0 Å². The van der Waals surface area contributed by atoms with Crippen molar-refractivity contribution in [1.82, 2.24) is 10.6 Å². The molecule has 0 bridgehead atoms. The predicted octanol–water partition coefficient (Wildman–Crippen LogP) is 1.79. The predicted molar refractivity (Wildman–Crippen MR) is 74.4 cm³/mol. The Hall–Kier alpha value is -1.26. The lowest BCUT2D eigenvalue weighted by atomic mass is 10.2. The third-order valence-electron chi connectivity index (χ3n) is 2.70. The van der Waals surface area contributed by atoms with Crippen molar-refractivity contribution in [2.24, 2.45) is 0 Å². The summed E-state index contributed by atoms with van der Waals surface area (Å²) in [4.78, 5) is 0. The maximum atomic E-state index is 5.24. The first kappa shape index (κ1) is 14.8. The zero-order valence-corrected chi connectivity index (χ0v) is 11.6. The van der Waals surface area contributed by atoms with Crippen molar-refractivity contribution in [2.45, 2.75) is 19.9 Å². The Kier molecular flexibility index (Phi) is 7.22. The molecule has 18 heavy (non-hydrogen) atoms. The zero-order valence-electron chi connectivity index (χ0n) is 11.6. The Morgan fingerprint density at radius 2 is 1.56 bits per heavy atom. The van der Waals surface area contributed by atoms with Gasteiger partial charge in [0.25, 0.3) is 0 Å². The molecule has 0 fully saturated rings. The smallest absolute Gasteiger partial charge is 0.122 e. The summed E-state index contributed by atoms with van der Waals surface area (Å²) in [6.07, 6.45) is 1.13. The summed E-state index contributed by atoms with van der Waals surface area (Å²) in [6, 6.07) is 5.94. The van der Waals surface area contributed by atoms with Gasteiger partial charge in [0.05, 0.1) is 14.2 Å². The molecule has 2 N–H and O–H groups in total. The minimum atomic E-state index is 0.832. The van der Waals surface area contributed by atoms with Crippen molar-refractivity contribution in [3.63, 3.8) is 0 Å². The van der Waals surface area contributed by atoms with E-state index in [4.69, 9.17) is 9.47 Å². The summed E-state index contributed by atoms with van der Waals surface area (Å²) >= 11 is 0. The normalized spacial score (nSPS) is 10.4. The molecule has 0 spiro atoms. The number of hydrogen-bond donors (Lipinski definition) is 2. The molecule has 1 aromatic carbocycles. The van der Waals surface area contributed by atoms with Crippen LogP contribution in [0.4, 0.5) is 0 Å². The first-order valence-corrected chi connectivity index (χ1v) is 6.43. The Labute approximate surface area is 110 Å². The van der Waals surface area contributed by atoms with Crippen LogP contribution >= 0.6 is 0 Å². The van der Waals surface area contributed by atoms with Gasteiger partial charge in [-0.1, -0.05) is 6.92 Å². The first-order chi connectivity index (χ1) is 8.80. The van der Waals surface area contributed by atoms with E-state index >= 15 is 0 Å². The summed E-state index contributed by atoms with van der Waals surface area (Å²) in [5.41, 5.74) is 1.18. The van der Waals surface area contributed by atoms with E-state index in [-0.39, 0.29) is 0 Å². The van der Waals surface area contributed by atoms with E-state index in [1.807, 2.05) is 18.2 Å². The number of methoxy groups -OCH3 is 2. The van der Waals surface area contributed by atoms with Gasteiger partial charge in [-0.05, 0) is 43.8 Å². The summed E-state index contributed by atoms with van der Waals surface area (Å²) in [5.74, 6) is 1.66. The average molecular weight is 252 g/mol. The summed E-state index contributed by atoms with van der Waals surface area (Å²) in [7, 11) is 3.34. The maximum absolute atomic E-state index is 5.24. The van der Waals surface area contributed by atoms with Gasteiger partial charge in [-0.25, -0.2) is 0 Å². The van der Waals surface area contributed by atoms with Crippen molar-refractivity contribution in [1.29, 1.82) is 0 Å². The Balaban J connectivity index is 2.36. The first-order valence-electron chi connectivity index (χ1n) is 6.43. The van der Waals surface area contributed by atoms with Crippen LogP contribution in [0.3, 0.4) is 0 Å². The van der Waals surface area contributed by atoms with Crippen molar-refractivity contribution < 1.29 is 9.47 Å². The minimum absolute atomic E-state index is 0.832. The SMILES string of the molecule is CCNCCCNCc1cc(OC)cc(OC)c1. The standard InChI is InChI=1S/C14H24N2O2/c1-4-15-6-5-7-16-11-12-8-13(17-2)10-14(9-12)18-3/h8-10,15-16H,4-7,11H2,1-3H3. The Morgan fingerprint density at radius 1 is 0.944 bits per heavy atom. The summed E-state index contributed by atoms with van der Waals surface area (Å²) < 4.78 is 10.5. The van der Waals surface area contributed by atoms with Crippen LogP contribution < -0.4 is 20.1 Å². The Bertz CT molecular complexity index is 320. The van der Waals surface area contributed by atoms with Gasteiger partial charge in [0, 0.05) is 12.6 Å². The number of hydrogen-bond acceptors (Lipinski definition) is 4.